The second-order valence-electron chi connectivity index (χ2n) is 3.63. The number of aromatic nitrogens is 1. The van der Waals surface area contributed by atoms with Crippen LogP contribution in [0.1, 0.15) is 0 Å². The van der Waals surface area contributed by atoms with Gasteiger partial charge in [0.05, 0.1) is 21.9 Å². The fourth-order valence-corrected chi connectivity index (χ4v) is 2.43. The van der Waals surface area contributed by atoms with Crippen molar-refractivity contribution in [1.29, 1.82) is 0 Å². The number of nitrogens with zero attached hydrogens (tertiary/aromatic N) is 1. The van der Waals surface area contributed by atoms with Gasteiger partial charge in [0.25, 0.3) is 0 Å². The minimum Gasteiger partial charge on any atom is -1.00 e. The molecule has 6 heteroatoms. The number of pyridine rings is 1. The van der Waals surface area contributed by atoms with Crippen molar-refractivity contribution in [2.75, 3.05) is 12.0 Å². The largest absolute Gasteiger partial charge is 1.00 e. The molecule has 0 unspecified atom stereocenters. The molecule has 1 atom stereocenters. The maximum Gasteiger partial charge on any atom is 0.217 e. The summed E-state index contributed by atoms with van der Waals surface area (Å²) in [6.07, 6.45) is 3.24. The van der Waals surface area contributed by atoms with Crippen molar-refractivity contribution in [3.8, 4) is 0 Å². The zero-order chi connectivity index (χ0) is 11.9. The maximum absolute atomic E-state index is 13.1. The van der Waals surface area contributed by atoms with E-state index in [9.17, 15) is 8.60 Å². The van der Waals surface area contributed by atoms with Gasteiger partial charge in [0.2, 0.25) is 5.52 Å². The van der Waals surface area contributed by atoms with Gasteiger partial charge >= 0.3 is 0 Å². The first-order chi connectivity index (χ1) is 7.50. The van der Waals surface area contributed by atoms with Crippen LogP contribution in [-0.4, -0.2) is 10.5 Å². The third-order valence-corrected chi connectivity index (χ3v) is 3.46. The van der Waals surface area contributed by atoms with Gasteiger partial charge in [0.15, 0.2) is 6.20 Å². The zero-order valence-corrected chi connectivity index (χ0v) is 12.4. The Morgan fingerprint density at radius 3 is 2.65 bits per heavy atom. The molecule has 2 aromatic rings. The number of halogens is 2. The first-order valence-corrected chi connectivity index (χ1v) is 6.27. The average Bonchev–Trinajstić information content (AvgIpc) is 2.22. The highest BCUT2D eigenvalue weighted by atomic mass is 127. The third-order valence-electron chi connectivity index (χ3n) is 2.52. The minimum atomic E-state index is -1.15. The van der Waals surface area contributed by atoms with E-state index in [1.807, 2.05) is 0 Å². The molecule has 1 heterocycles. The summed E-state index contributed by atoms with van der Waals surface area (Å²) in [6, 6.07) is 4.37. The van der Waals surface area contributed by atoms with E-state index in [0.29, 0.717) is 16.1 Å². The van der Waals surface area contributed by atoms with E-state index in [4.69, 9.17) is 5.73 Å². The van der Waals surface area contributed by atoms with Crippen molar-refractivity contribution in [2.45, 2.75) is 4.90 Å². The molecule has 0 amide bonds. The van der Waals surface area contributed by atoms with Gasteiger partial charge in [-0.05, 0) is 12.1 Å². The van der Waals surface area contributed by atoms with Crippen molar-refractivity contribution < 1.29 is 37.1 Å². The highest BCUT2D eigenvalue weighted by Gasteiger charge is 2.16. The van der Waals surface area contributed by atoms with Crippen molar-refractivity contribution in [2.24, 2.45) is 7.05 Å². The van der Waals surface area contributed by atoms with E-state index in [1.165, 1.54) is 12.1 Å². The number of fused-ring (bicyclic) bond motifs is 1. The van der Waals surface area contributed by atoms with Crippen LogP contribution in [0.5, 0.6) is 0 Å². The Bertz CT molecular complexity index is 604. The van der Waals surface area contributed by atoms with Crippen LogP contribution in [-0.2, 0) is 17.8 Å². The van der Waals surface area contributed by atoms with E-state index in [1.54, 1.807) is 30.1 Å². The summed E-state index contributed by atoms with van der Waals surface area (Å²) >= 11 is 0. The van der Waals surface area contributed by atoms with E-state index in [0.717, 1.165) is 5.39 Å². The smallest absolute Gasteiger partial charge is 0.217 e. The summed E-state index contributed by atoms with van der Waals surface area (Å²) < 4.78 is 26.3. The number of hydrogen-bond donors (Lipinski definition) is 1. The second kappa shape index (κ2) is 5.26. The molecule has 0 radical (unpaired) electrons. The van der Waals surface area contributed by atoms with Crippen molar-refractivity contribution >= 4 is 27.4 Å². The number of hydrogen-bond acceptors (Lipinski definition) is 2. The van der Waals surface area contributed by atoms with Crippen molar-refractivity contribution in [3.63, 3.8) is 0 Å². The molecule has 0 spiro atoms. The molecule has 1 aromatic heterocycles. The molecule has 17 heavy (non-hydrogen) atoms. The molecule has 0 aliphatic rings. The molecular formula is C11H12FIN2OS. The van der Waals surface area contributed by atoms with Gasteiger partial charge in [-0.2, -0.15) is 4.57 Å². The summed E-state index contributed by atoms with van der Waals surface area (Å²) in [5, 5.41) is 0.719. The highest BCUT2D eigenvalue weighted by Crippen LogP contribution is 2.24. The lowest BCUT2D eigenvalue weighted by molar-refractivity contribution is -0.646. The minimum absolute atomic E-state index is 0. The third kappa shape index (κ3) is 2.57. The van der Waals surface area contributed by atoms with Gasteiger partial charge in [-0.1, -0.05) is 0 Å². The van der Waals surface area contributed by atoms with Gasteiger partial charge in [0, 0.05) is 12.3 Å². The lowest BCUT2D eigenvalue weighted by Gasteiger charge is -2.05. The molecule has 0 saturated carbocycles. The van der Waals surface area contributed by atoms with E-state index in [2.05, 4.69) is 0 Å². The van der Waals surface area contributed by atoms with Crippen molar-refractivity contribution in [1.82, 2.24) is 0 Å². The van der Waals surface area contributed by atoms with Crippen LogP contribution in [0, 0.1) is 5.82 Å². The molecular weight excluding hydrogens is 354 g/mol. The fraction of sp³-hybridized carbons (Fsp3) is 0.182. The van der Waals surface area contributed by atoms with Crippen LogP contribution >= 0.6 is 0 Å². The Kier molecular flexibility index (Phi) is 4.42. The summed E-state index contributed by atoms with van der Waals surface area (Å²) in [6.45, 7) is 0. The SMILES string of the molecule is C[n+]1cc([S@](C)=O)c(N)c2ccc(F)cc21.[I-]. The molecule has 3 nitrogen and oxygen atoms in total. The Labute approximate surface area is 118 Å². The van der Waals surface area contributed by atoms with Crippen molar-refractivity contribution in [3.05, 3.63) is 30.2 Å². The van der Waals surface area contributed by atoms with E-state index < -0.39 is 10.8 Å². The van der Waals surface area contributed by atoms with E-state index in [-0.39, 0.29) is 29.8 Å². The molecule has 1 aromatic carbocycles. The average molecular weight is 366 g/mol. The molecule has 0 aliphatic carbocycles. The van der Waals surface area contributed by atoms with Crippen LogP contribution < -0.4 is 34.3 Å². The highest BCUT2D eigenvalue weighted by molar-refractivity contribution is 7.84. The molecule has 2 rings (SSSR count). The van der Waals surface area contributed by atoms with Crippen LogP contribution in [0.15, 0.2) is 29.3 Å². The second-order valence-corrected chi connectivity index (χ2v) is 4.98. The monoisotopic (exact) mass is 366 g/mol. The van der Waals surface area contributed by atoms with Gasteiger partial charge in [0.1, 0.15) is 17.8 Å². The summed E-state index contributed by atoms with van der Waals surface area (Å²) in [4.78, 5) is 0.571. The summed E-state index contributed by atoms with van der Waals surface area (Å²) in [7, 11) is 0.624. The lowest BCUT2D eigenvalue weighted by Crippen LogP contribution is -3.00. The van der Waals surface area contributed by atoms with Gasteiger partial charge in [-0.25, -0.2) is 4.39 Å². The lowest BCUT2D eigenvalue weighted by atomic mass is 10.2. The Morgan fingerprint density at radius 2 is 2.06 bits per heavy atom. The molecule has 0 bridgehead atoms. The Morgan fingerprint density at radius 1 is 1.41 bits per heavy atom. The zero-order valence-electron chi connectivity index (χ0n) is 9.41. The number of nitrogens with two attached hydrogens (primary N) is 1. The number of nitrogen functional groups attached to an aromatic ring is 1. The summed E-state index contributed by atoms with van der Waals surface area (Å²) in [5.41, 5.74) is 7.05. The van der Waals surface area contributed by atoms with Gasteiger partial charge in [-0.15, -0.1) is 0 Å². The fourth-order valence-electron chi connectivity index (χ4n) is 1.70. The molecule has 92 valence electrons. The van der Waals surface area contributed by atoms with Crippen LogP contribution in [0.4, 0.5) is 10.1 Å². The number of rotatable bonds is 1. The maximum atomic E-state index is 13.1. The molecule has 2 N–H and O–H groups in total. The number of anilines is 1. The number of benzene rings is 1. The Hall–Kier alpha value is -0.760. The quantitative estimate of drug-likeness (QED) is 0.475. The summed E-state index contributed by atoms with van der Waals surface area (Å²) in [5.74, 6) is -0.312. The molecule has 0 saturated heterocycles. The van der Waals surface area contributed by atoms with Crippen LogP contribution in [0.3, 0.4) is 0 Å². The van der Waals surface area contributed by atoms with Gasteiger partial charge < -0.3 is 29.7 Å². The molecule has 0 fully saturated rings. The first kappa shape index (κ1) is 14.3. The first-order valence-electron chi connectivity index (χ1n) is 4.71. The predicted octanol–water partition coefficient (Wildman–Crippen LogP) is -1.87. The van der Waals surface area contributed by atoms with Gasteiger partial charge in [-0.3, -0.25) is 4.21 Å². The molecule has 0 aliphatic heterocycles. The van der Waals surface area contributed by atoms with E-state index >= 15 is 0 Å². The Balaban J connectivity index is 0.00000144. The van der Waals surface area contributed by atoms with Crippen LogP contribution in [0.25, 0.3) is 10.9 Å². The predicted molar refractivity (Wildman–Crippen MR) is 61.8 cm³/mol. The van der Waals surface area contributed by atoms with Crippen LogP contribution in [0.2, 0.25) is 0 Å². The topological polar surface area (TPSA) is 47.0 Å². The number of aryl methyl sites for hydroxylation is 1. The standard InChI is InChI=1S/C11H11FN2OS.HI/c1-14-6-10(16(2)15)11(13)8-4-3-7(12)5-9(8)14;/h3-6,13H,1-2H3;1H/t16-;/m0./s1. The normalized spacial score (nSPS) is 12.2.